The molecule has 0 spiro atoms. The summed E-state index contributed by atoms with van der Waals surface area (Å²) in [5, 5.41) is 29.2. The normalized spacial score (nSPS) is 43.7. The molecular weight excluding hydrogens is 749 g/mol. The van der Waals surface area contributed by atoms with E-state index in [9.17, 15) is 15.8 Å². The van der Waals surface area contributed by atoms with E-state index in [-0.39, 0.29) is 17.8 Å². The average Bonchev–Trinajstić information content (AvgIpc) is 3.83. The summed E-state index contributed by atoms with van der Waals surface area (Å²) in [5.74, 6) is 6.00. The van der Waals surface area contributed by atoms with Crippen LogP contribution in [0, 0.1) is 93.2 Å². The Hall–Kier alpha value is -2.08. The molecule has 10 rings (SSSR count). The van der Waals surface area contributed by atoms with Gasteiger partial charge in [-0.3, -0.25) is 4.90 Å². The number of fused-ring (bicyclic) bond motifs is 6. The Kier molecular flexibility index (Phi) is 12.0. The van der Waals surface area contributed by atoms with E-state index < -0.39 is 0 Å². The largest absolute Gasteiger partial charge is 0.374 e. The third-order valence-corrected chi connectivity index (χ3v) is 20.2. The molecule has 9 aliphatic rings. The number of allylic oxidation sites excluding steroid dienone is 2. The summed E-state index contributed by atoms with van der Waals surface area (Å²) >= 11 is 7.12. The molecule has 0 radical (unpaired) electrons. The summed E-state index contributed by atoms with van der Waals surface area (Å²) in [6.45, 7) is 0. The molecule has 1 saturated heterocycles. The molecule has 58 heavy (non-hydrogen) atoms. The molecule has 7 heteroatoms. The van der Waals surface area contributed by atoms with Gasteiger partial charge in [0.1, 0.15) is 0 Å². The number of nitrogens with zero attached hydrogens (tertiary/aromatic N) is 4. The predicted molar refractivity (Wildman–Crippen MR) is 235 cm³/mol. The lowest BCUT2D eigenvalue weighted by Gasteiger charge is -2.48. The second-order valence-corrected chi connectivity index (χ2v) is 22.8. The monoisotopic (exact) mass is 816 g/mol. The van der Waals surface area contributed by atoms with Gasteiger partial charge in [0.15, 0.2) is 0 Å². The van der Waals surface area contributed by atoms with Gasteiger partial charge in [-0.1, -0.05) is 18.2 Å². The zero-order valence-electron chi connectivity index (χ0n) is 35.0. The van der Waals surface area contributed by atoms with Gasteiger partial charge in [0.05, 0.1) is 36.3 Å². The summed E-state index contributed by atoms with van der Waals surface area (Å²) in [4.78, 5) is 6.28. The number of ether oxygens (including phenoxy) is 1. The van der Waals surface area contributed by atoms with E-state index in [2.05, 4.69) is 52.7 Å². The highest BCUT2D eigenvalue weighted by atomic mass is 32.1. The van der Waals surface area contributed by atoms with Crippen LogP contribution < -0.4 is 0 Å². The van der Waals surface area contributed by atoms with Crippen LogP contribution in [0.4, 0.5) is 0 Å². The molecule has 8 aliphatic carbocycles. The van der Waals surface area contributed by atoms with Crippen LogP contribution in [0.2, 0.25) is 0 Å². The summed E-state index contributed by atoms with van der Waals surface area (Å²) in [7, 11) is 0. The van der Waals surface area contributed by atoms with Crippen molar-refractivity contribution in [1.29, 1.82) is 15.8 Å². The van der Waals surface area contributed by atoms with Crippen LogP contribution in [0.3, 0.4) is 0 Å². The van der Waals surface area contributed by atoms with Gasteiger partial charge in [-0.15, -0.1) is 11.3 Å². The number of rotatable bonds is 6. The second kappa shape index (κ2) is 17.4. The lowest BCUT2D eigenvalue weighted by molar-refractivity contribution is -0.00572. The third-order valence-electron chi connectivity index (χ3n) is 18.2. The van der Waals surface area contributed by atoms with E-state index in [4.69, 9.17) is 17.4 Å². The summed E-state index contributed by atoms with van der Waals surface area (Å²) in [6, 6.07) is 9.44. The van der Waals surface area contributed by atoms with Gasteiger partial charge < -0.3 is 4.74 Å². The molecule has 0 aromatic carbocycles. The van der Waals surface area contributed by atoms with Crippen molar-refractivity contribution in [2.75, 3.05) is 0 Å². The Bertz CT molecular complexity index is 1830. The molecule has 0 N–H and O–H groups in total. The number of thiol groups is 1. The van der Waals surface area contributed by atoms with E-state index in [1.54, 1.807) is 26.5 Å². The van der Waals surface area contributed by atoms with Gasteiger partial charge in [-0.25, -0.2) is 0 Å². The topological polar surface area (TPSA) is 83.8 Å². The highest BCUT2D eigenvalue weighted by molar-refractivity contribution is 7.81. The van der Waals surface area contributed by atoms with Crippen molar-refractivity contribution in [2.24, 2.45) is 59.2 Å². The third kappa shape index (κ3) is 7.82. The molecule has 2 heterocycles. The van der Waals surface area contributed by atoms with E-state index in [1.165, 1.54) is 103 Å². The van der Waals surface area contributed by atoms with Crippen LogP contribution in [0.25, 0.3) is 0 Å². The first-order valence-electron chi connectivity index (χ1n) is 24.3. The summed E-state index contributed by atoms with van der Waals surface area (Å²) in [6.07, 6.45) is 38.0. The van der Waals surface area contributed by atoms with Crippen LogP contribution >= 0.6 is 24.0 Å². The van der Waals surface area contributed by atoms with Gasteiger partial charge in [0.25, 0.3) is 0 Å². The zero-order chi connectivity index (χ0) is 39.3. The Morgan fingerprint density at radius 2 is 1.22 bits per heavy atom. The predicted octanol–water partition coefficient (Wildman–Crippen LogP) is 11.5. The molecule has 1 aromatic heterocycles. The van der Waals surface area contributed by atoms with Crippen LogP contribution in [0.15, 0.2) is 23.8 Å². The average molecular weight is 817 g/mol. The van der Waals surface area contributed by atoms with Crippen LogP contribution in [-0.4, -0.2) is 40.5 Å². The molecule has 5 nitrogen and oxygen atoms in total. The molecule has 0 bridgehead atoms. The van der Waals surface area contributed by atoms with Crippen LogP contribution in [0.1, 0.15) is 149 Å². The molecule has 1 aliphatic heterocycles. The smallest absolute Gasteiger partial charge is 0.0659 e. The number of nitriles is 3. The Morgan fingerprint density at radius 3 is 1.91 bits per heavy atom. The quantitative estimate of drug-likeness (QED) is 0.289. The Labute approximate surface area is 359 Å². The molecule has 0 amide bonds. The standard InChI is InChI=1S/C51H68N4OS2/c52-28-31-2-19-43-44-21-12-38(26-48(44)56-47(43)23-31)36-10-15-40(16-11-36)55(41-17-22-46-45-20-3-33(30-54)25-50(45)58-51(46)27-41)39-13-8-35(9-14-39)34-4-6-37(7-5-34)42-18-1-32(29-53)24-49(42)57/h10-11,15,31-35,37-44,47-49,57H,1-9,12-14,16-27H2. The van der Waals surface area contributed by atoms with E-state index in [0.717, 1.165) is 75.0 Å². The van der Waals surface area contributed by atoms with E-state index >= 15 is 0 Å². The maximum atomic E-state index is 9.73. The fourth-order valence-corrected chi connectivity index (χ4v) is 17.3. The van der Waals surface area contributed by atoms with Crippen molar-refractivity contribution in [2.45, 2.75) is 190 Å². The maximum Gasteiger partial charge on any atom is 0.0659 e. The SMILES string of the molecule is N#CC1CCc2c(sc3c2CCC(N(C2C=CC(C4CCC5C(C4)OC4CC(C#N)CCC45)=CC2)C2CCC(C4CCC(C5CCC(C#N)CC5S)CC4)CC2)C3)C1. The van der Waals surface area contributed by atoms with E-state index in [0.29, 0.717) is 53.3 Å². The number of hydrogen-bond acceptors (Lipinski definition) is 7. The summed E-state index contributed by atoms with van der Waals surface area (Å²) < 4.78 is 6.77. The van der Waals surface area contributed by atoms with Gasteiger partial charge in [-0.05, 0) is 212 Å². The van der Waals surface area contributed by atoms with Crippen molar-refractivity contribution in [3.63, 3.8) is 0 Å². The molecule has 6 fully saturated rings. The van der Waals surface area contributed by atoms with Gasteiger partial charge >= 0.3 is 0 Å². The first-order valence-corrected chi connectivity index (χ1v) is 25.6. The van der Waals surface area contributed by atoms with Crippen molar-refractivity contribution < 1.29 is 4.74 Å². The number of hydrogen-bond donors (Lipinski definition) is 1. The molecule has 1 aromatic rings. The minimum Gasteiger partial charge on any atom is -0.374 e. The fraction of sp³-hybridized carbons (Fsp3) is 0.784. The van der Waals surface area contributed by atoms with Crippen LogP contribution in [-0.2, 0) is 30.4 Å². The maximum absolute atomic E-state index is 9.73. The minimum atomic E-state index is 0.196. The van der Waals surface area contributed by atoms with Gasteiger partial charge in [-0.2, -0.15) is 28.4 Å². The van der Waals surface area contributed by atoms with Gasteiger partial charge in [0.2, 0.25) is 0 Å². The number of thiophene rings is 1. The van der Waals surface area contributed by atoms with E-state index in [1.807, 2.05) is 0 Å². The molecule has 310 valence electrons. The highest BCUT2D eigenvalue weighted by Crippen LogP contribution is 2.52. The minimum absolute atomic E-state index is 0.196. The van der Waals surface area contributed by atoms with Crippen molar-refractivity contribution >= 4 is 24.0 Å². The van der Waals surface area contributed by atoms with Crippen LogP contribution in [0.5, 0.6) is 0 Å². The van der Waals surface area contributed by atoms with Crippen molar-refractivity contribution in [3.8, 4) is 18.2 Å². The first-order chi connectivity index (χ1) is 28.5. The Balaban J connectivity index is 0.800. The molecule has 5 saturated carbocycles. The van der Waals surface area contributed by atoms with Crippen molar-refractivity contribution in [1.82, 2.24) is 4.90 Å². The fourth-order valence-electron chi connectivity index (χ4n) is 15.1. The highest BCUT2D eigenvalue weighted by Gasteiger charge is 2.49. The summed E-state index contributed by atoms with van der Waals surface area (Å²) in [5.41, 5.74) is 4.90. The molecule has 12 atom stereocenters. The lowest BCUT2D eigenvalue weighted by Crippen LogP contribution is -2.52. The van der Waals surface area contributed by atoms with Gasteiger partial charge in [0, 0.05) is 45.0 Å². The Morgan fingerprint density at radius 1 is 0.603 bits per heavy atom. The first kappa shape index (κ1) is 40.0. The molecular formula is C51H68N4OS2. The second-order valence-electron chi connectivity index (χ2n) is 21.0. The molecule has 12 unspecified atom stereocenters. The lowest BCUT2D eigenvalue weighted by atomic mass is 9.65. The van der Waals surface area contributed by atoms with Crippen molar-refractivity contribution in [3.05, 3.63) is 44.7 Å². The zero-order valence-corrected chi connectivity index (χ0v) is 36.7.